The monoisotopic (exact) mass is 604 g/mol. The molecule has 1 amide bonds. The van der Waals surface area contributed by atoms with E-state index in [1.807, 2.05) is 12.1 Å². The van der Waals surface area contributed by atoms with Crippen LogP contribution in [0, 0.1) is 0 Å². The molecule has 2 saturated heterocycles. The van der Waals surface area contributed by atoms with Crippen molar-refractivity contribution in [1.29, 1.82) is 0 Å². The Balaban J connectivity index is 1.50. The summed E-state index contributed by atoms with van der Waals surface area (Å²) in [7, 11) is -4.52. The normalized spacial score (nSPS) is 20.5. The minimum absolute atomic E-state index is 0.0136. The Morgan fingerprint density at radius 3 is 2.43 bits per heavy atom. The van der Waals surface area contributed by atoms with Gasteiger partial charge in [-0.05, 0) is 23.8 Å². The lowest BCUT2D eigenvalue weighted by Gasteiger charge is -2.32. The van der Waals surface area contributed by atoms with Crippen LogP contribution in [0.3, 0.4) is 0 Å². The highest BCUT2D eigenvalue weighted by Gasteiger charge is 2.44. The molecule has 3 aliphatic heterocycles. The van der Waals surface area contributed by atoms with Gasteiger partial charge in [-0.15, -0.1) is 0 Å². The van der Waals surface area contributed by atoms with Crippen LogP contribution in [0.5, 0.6) is 0 Å². The zero-order chi connectivity index (χ0) is 29.6. The van der Waals surface area contributed by atoms with Crippen molar-refractivity contribution in [3.8, 4) is 16.9 Å². The van der Waals surface area contributed by atoms with Crippen LogP contribution in [0.4, 0.5) is 13.2 Å². The van der Waals surface area contributed by atoms with Crippen molar-refractivity contribution in [1.82, 2.24) is 19.6 Å². The Morgan fingerprint density at radius 1 is 1.02 bits per heavy atom. The van der Waals surface area contributed by atoms with Crippen LogP contribution >= 0.6 is 0 Å². The van der Waals surface area contributed by atoms with Gasteiger partial charge in [0, 0.05) is 37.3 Å². The van der Waals surface area contributed by atoms with Gasteiger partial charge in [-0.3, -0.25) is 9.69 Å². The largest absolute Gasteiger partial charge is 0.417 e. The predicted molar refractivity (Wildman–Crippen MR) is 143 cm³/mol. The number of ether oxygens (including phenoxy) is 2. The molecule has 2 fully saturated rings. The fourth-order valence-corrected chi connectivity index (χ4v) is 7.47. The molecule has 6 rings (SSSR count). The highest BCUT2D eigenvalue weighted by Crippen LogP contribution is 2.46. The molecular weight excluding hydrogens is 577 g/mol. The number of hydrogen-bond donors (Lipinski definition) is 0. The Kier molecular flexibility index (Phi) is 7.41. The van der Waals surface area contributed by atoms with E-state index in [1.165, 1.54) is 15.6 Å². The lowest BCUT2D eigenvalue weighted by Crippen LogP contribution is -2.49. The molecule has 0 spiro atoms. The van der Waals surface area contributed by atoms with Crippen LogP contribution in [-0.4, -0.2) is 92.3 Å². The van der Waals surface area contributed by atoms with Crippen LogP contribution in [0.25, 0.3) is 16.9 Å². The van der Waals surface area contributed by atoms with E-state index < -0.39 is 44.2 Å². The van der Waals surface area contributed by atoms with E-state index in [0.717, 1.165) is 30.8 Å². The van der Waals surface area contributed by atoms with E-state index in [-0.39, 0.29) is 42.3 Å². The van der Waals surface area contributed by atoms with Gasteiger partial charge in [-0.2, -0.15) is 18.3 Å². The lowest BCUT2D eigenvalue weighted by molar-refractivity contribution is -0.139. The first-order chi connectivity index (χ1) is 20.1. The van der Waals surface area contributed by atoms with Gasteiger partial charge in [-0.25, -0.2) is 13.1 Å². The molecule has 10 nitrogen and oxygen atoms in total. The van der Waals surface area contributed by atoms with Gasteiger partial charge in [0.05, 0.1) is 54.0 Å². The van der Waals surface area contributed by atoms with Gasteiger partial charge >= 0.3 is 6.18 Å². The number of aldehydes is 1. The molecule has 3 aliphatic rings. The number of amides is 1. The minimum Gasteiger partial charge on any atom is -0.379 e. The molecule has 3 aromatic rings. The average Bonchev–Trinajstić information content (AvgIpc) is 3.35. The molecule has 0 bridgehead atoms. The first-order valence-electron chi connectivity index (χ1n) is 13.4. The van der Waals surface area contributed by atoms with Crippen LogP contribution in [0.2, 0.25) is 0 Å². The van der Waals surface area contributed by atoms with Crippen molar-refractivity contribution in [2.24, 2.45) is 0 Å². The van der Waals surface area contributed by atoms with E-state index >= 15 is 0 Å². The van der Waals surface area contributed by atoms with Gasteiger partial charge in [0.1, 0.15) is 12.3 Å². The number of benzene rings is 2. The van der Waals surface area contributed by atoms with Crippen LogP contribution in [0.1, 0.15) is 27.2 Å². The summed E-state index contributed by atoms with van der Waals surface area (Å²) in [5.41, 5.74) is -0.199. The molecule has 222 valence electrons. The quantitative estimate of drug-likeness (QED) is 0.409. The maximum Gasteiger partial charge on any atom is 0.417 e. The number of halogens is 3. The molecule has 0 aliphatic carbocycles. The molecular formula is C28H27F3N4O6S. The number of aromatic nitrogens is 2. The van der Waals surface area contributed by atoms with Gasteiger partial charge in [0.15, 0.2) is 15.5 Å². The second kappa shape index (κ2) is 10.9. The number of rotatable bonds is 5. The molecule has 4 heterocycles. The third-order valence-corrected chi connectivity index (χ3v) is 9.41. The summed E-state index contributed by atoms with van der Waals surface area (Å²) >= 11 is 0. The predicted octanol–water partition coefficient (Wildman–Crippen LogP) is 2.72. The maximum atomic E-state index is 14.0. The summed E-state index contributed by atoms with van der Waals surface area (Å²) in [5.74, 6) is -1.55. The Morgan fingerprint density at radius 2 is 1.74 bits per heavy atom. The Bertz CT molecular complexity index is 1630. The molecule has 1 aromatic heterocycles. The summed E-state index contributed by atoms with van der Waals surface area (Å²) in [6.07, 6.45) is -4.36. The molecule has 0 saturated carbocycles. The lowest BCUT2D eigenvalue weighted by atomic mass is 10.0. The maximum absolute atomic E-state index is 14.0. The summed E-state index contributed by atoms with van der Waals surface area (Å²) in [5, 5.41) is 4.50. The summed E-state index contributed by atoms with van der Waals surface area (Å²) < 4.78 is 80.9. The number of morpholine rings is 2. The Labute approximate surface area is 239 Å². The van der Waals surface area contributed by atoms with Crippen LogP contribution in [-0.2, 0) is 42.6 Å². The molecule has 2 aromatic carbocycles. The summed E-state index contributed by atoms with van der Waals surface area (Å²) in [6.45, 7) is 3.74. The van der Waals surface area contributed by atoms with Crippen LogP contribution < -0.4 is 0 Å². The highest BCUT2D eigenvalue weighted by molar-refractivity contribution is 7.91. The fourth-order valence-electron chi connectivity index (χ4n) is 5.65. The van der Waals surface area contributed by atoms with Gasteiger partial charge < -0.3 is 19.2 Å². The number of carbonyl (C=O) groups is 2. The van der Waals surface area contributed by atoms with Crippen molar-refractivity contribution in [3.05, 3.63) is 64.8 Å². The van der Waals surface area contributed by atoms with Crippen molar-refractivity contribution >= 4 is 22.0 Å². The number of sulfone groups is 1. The number of fused-ring (bicyclic) bond motifs is 3. The van der Waals surface area contributed by atoms with E-state index in [1.54, 1.807) is 12.1 Å². The molecule has 0 radical (unpaired) electrons. The number of nitrogens with zero attached hydrogens (tertiary/aromatic N) is 4. The number of carbonyl (C=O) groups excluding carboxylic acids is 2. The standard InChI is InChI=1S/C28H27F3N4O6S/c29-28(30,31)23-3-1-2-21-25-22(17-42(38,39)26(21)23)24(27(37)34-10-13-41-16-20(34)15-36)32-35(25)19-6-4-18(5-7-19)14-33-8-11-40-12-9-33/h1-7,15,20H,8-14,16-17H2. The van der Waals surface area contributed by atoms with E-state index in [0.29, 0.717) is 31.7 Å². The average molecular weight is 605 g/mol. The molecule has 0 N–H and O–H groups in total. The van der Waals surface area contributed by atoms with Gasteiger partial charge in [0.25, 0.3) is 5.91 Å². The number of alkyl halides is 3. The smallest absolute Gasteiger partial charge is 0.379 e. The first-order valence-corrected chi connectivity index (χ1v) is 15.0. The topological polar surface area (TPSA) is 111 Å². The highest BCUT2D eigenvalue weighted by atomic mass is 32.2. The van der Waals surface area contributed by atoms with Gasteiger partial charge in [0.2, 0.25) is 0 Å². The molecule has 14 heteroatoms. The number of hydrogen-bond acceptors (Lipinski definition) is 8. The first kappa shape index (κ1) is 28.5. The van der Waals surface area contributed by atoms with Crippen LogP contribution in [0.15, 0.2) is 47.4 Å². The van der Waals surface area contributed by atoms with E-state index in [4.69, 9.17) is 9.47 Å². The molecule has 1 unspecified atom stereocenters. The van der Waals surface area contributed by atoms with E-state index in [2.05, 4.69) is 10.00 Å². The zero-order valence-electron chi connectivity index (χ0n) is 22.3. The van der Waals surface area contributed by atoms with Crippen molar-refractivity contribution in [2.45, 2.75) is 29.4 Å². The fraction of sp³-hybridized carbons (Fsp3) is 0.393. The SMILES string of the molecule is O=CC1COCCN1C(=O)c1nn(-c2ccc(CN3CCOCC3)cc2)c2c1CS(=O)(=O)c1c-2cccc1C(F)(F)F. The van der Waals surface area contributed by atoms with Crippen molar-refractivity contribution < 1.29 is 40.7 Å². The summed E-state index contributed by atoms with van der Waals surface area (Å²) in [6, 6.07) is 9.44. The zero-order valence-corrected chi connectivity index (χ0v) is 23.2. The second-order valence-electron chi connectivity index (χ2n) is 10.4. The minimum atomic E-state index is -4.93. The molecule has 42 heavy (non-hydrogen) atoms. The third kappa shape index (κ3) is 5.12. The Hall–Kier alpha value is -3.59. The summed E-state index contributed by atoms with van der Waals surface area (Å²) in [4.78, 5) is 28.1. The van der Waals surface area contributed by atoms with Crippen molar-refractivity contribution in [2.75, 3.05) is 46.1 Å². The third-order valence-electron chi connectivity index (χ3n) is 7.68. The van der Waals surface area contributed by atoms with Crippen molar-refractivity contribution in [3.63, 3.8) is 0 Å². The molecule has 1 atom stereocenters. The van der Waals surface area contributed by atoms with E-state index in [9.17, 15) is 31.2 Å². The second-order valence-corrected chi connectivity index (χ2v) is 12.3. The van der Waals surface area contributed by atoms with Gasteiger partial charge in [-0.1, -0.05) is 24.3 Å².